The molecule has 1 heterocycles. The third kappa shape index (κ3) is 3.96. The Balaban J connectivity index is 2.18. The molecule has 1 amide bonds. The first-order chi connectivity index (χ1) is 10.5. The molecule has 0 fully saturated rings. The molecule has 0 aliphatic carbocycles. The fourth-order valence-electron chi connectivity index (χ4n) is 1.86. The van der Waals surface area contributed by atoms with E-state index >= 15 is 0 Å². The summed E-state index contributed by atoms with van der Waals surface area (Å²) >= 11 is 12.1. The van der Waals surface area contributed by atoms with E-state index in [4.69, 9.17) is 23.2 Å². The SMILES string of the molecule is O=C(N[C@H](Cc1c(Cl)cccc1Cl)C(=O)O)c1ccccn1. The molecule has 0 spiro atoms. The van der Waals surface area contributed by atoms with Crippen molar-refractivity contribution >= 4 is 35.1 Å². The van der Waals surface area contributed by atoms with E-state index < -0.39 is 17.9 Å². The van der Waals surface area contributed by atoms with Crippen molar-refractivity contribution in [3.05, 3.63) is 63.9 Å². The number of carboxylic acids is 1. The van der Waals surface area contributed by atoms with Crippen LogP contribution in [0.4, 0.5) is 0 Å². The normalized spacial score (nSPS) is 11.7. The summed E-state index contributed by atoms with van der Waals surface area (Å²) in [5.41, 5.74) is 0.610. The topological polar surface area (TPSA) is 79.3 Å². The van der Waals surface area contributed by atoms with Gasteiger partial charge in [0.1, 0.15) is 11.7 Å². The van der Waals surface area contributed by atoms with Crippen LogP contribution in [0.3, 0.4) is 0 Å². The van der Waals surface area contributed by atoms with Gasteiger partial charge in [-0.3, -0.25) is 9.78 Å². The molecule has 1 atom stereocenters. The Morgan fingerprint density at radius 3 is 2.36 bits per heavy atom. The minimum atomic E-state index is -1.18. The lowest BCUT2D eigenvalue weighted by atomic mass is 10.1. The molecule has 0 saturated carbocycles. The first-order valence-corrected chi connectivity index (χ1v) is 7.12. The second kappa shape index (κ2) is 7.24. The van der Waals surface area contributed by atoms with Crippen LogP contribution in [0.15, 0.2) is 42.6 Å². The van der Waals surface area contributed by atoms with Crippen LogP contribution in [0, 0.1) is 0 Å². The van der Waals surface area contributed by atoms with Crippen molar-refractivity contribution < 1.29 is 14.7 Å². The molecule has 22 heavy (non-hydrogen) atoms. The molecule has 1 aromatic carbocycles. The number of hydrogen-bond acceptors (Lipinski definition) is 3. The first kappa shape index (κ1) is 16.3. The lowest BCUT2D eigenvalue weighted by Crippen LogP contribution is -2.42. The van der Waals surface area contributed by atoms with E-state index in [0.717, 1.165) is 0 Å². The number of carbonyl (C=O) groups excluding carboxylic acids is 1. The van der Waals surface area contributed by atoms with E-state index in [-0.39, 0.29) is 12.1 Å². The molecule has 5 nitrogen and oxygen atoms in total. The maximum Gasteiger partial charge on any atom is 0.326 e. The van der Waals surface area contributed by atoms with Gasteiger partial charge in [0.15, 0.2) is 0 Å². The highest BCUT2D eigenvalue weighted by atomic mass is 35.5. The lowest BCUT2D eigenvalue weighted by Gasteiger charge is -2.16. The summed E-state index contributed by atoms with van der Waals surface area (Å²) in [6.07, 6.45) is 1.43. The monoisotopic (exact) mass is 338 g/mol. The molecule has 2 rings (SSSR count). The first-order valence-electron chi connectivity index (χ1n) is 6.36. The van der Waals surface area contributed by atoms with Gasteiger partial charge in [-0.15, -0.1) is 0 Å². The van der Waals surface area contributed by atoms with Crippen LogP contribution >= 0.6 is 23.2 Å². The minimum Gasteiger partial charge on any atom is -0.480 e. The molecule has 2 N–H and O–H groups in total. The standard InChI is InChI=1S/C15H12Cl2N2O3/c16-10-4-3-5-11(17)9(10)8-13(15(21)22)19-14(20)12-6-1-2-7-18-12/h1-7,13H,8H2,(H,19,20)(H,21,22)/t13-/m1/s1. The number of pyridine rings is 1. The molecular weight excluding hydrogens is 327 g/mol. The van der Waals surface area contributed by atoms with Crippen LogP contribution in [0.5, 0.6) is 0 Å². The molecular formula is C15H12Cl2N2O3. The smallest absolute Gasteiger partial charge is 0.326 e. The predicted octanol–water partition coefficient (Wildman–Crippen LogP) is 2.81. The molecule has 1 aromatic heterocycles. The largest absolute Gasteiger partial charge is 0.480 e. The third-order valence-corrected chi connectivity index (χ3v) is 3.68. The van der Waals surface area contributed by atoms with Crippen molar-refractivity contribution in [1.82, 2.24) is 10.3 Å². The number of aliphatic carboxylic acids is 1. The zero-order valence-electron chi connectivity index (χ0n) is 11.3. The highest BCUT2D eigenvalue weighted by Crippen LogP contribution is 2.25. The maximum absolute atomic E-state index is 12.0. The van der Waals surface area contributed by atoms with Gasteiger partial charge >= 0.3 is 5.97 Å². The highest BCUT2D eigenvalue weighted by Gasteiger charge is 2.23. The van der Waals surface area contributed by atoms with Gasteiger partial charge in [0, 0.05) is 22.7 Å². The van der Waals surface area contributed by atoms with Crippen LogP contribution < -0.4 is 5.32 Å². The predicted molar refractivity (Wildman–Crippen MR) is 83.3 cm³/mol. The summed E-state index contributed by atoms with van der Waals surface area (Å²) in [6.45, 7) is 0. The van der Waals surface area contributed by atoms with Gasteiger partial charge in [0.2, 0.25) is 0 Å². The van der Waals surface area contributed by atoms with E-state index in [1.807, 2.05) is 0 Å². The summed E-state index contributed by atoms with van der Waals surface area (Å²) in [6, 6.07) is 8.53. The molecule has 0 aliphatic rings. The number of rotatable bonds is 5. The summed E-state index contributed by atoms with van der Waals surface area (Å²) in [5.74, 6) is -1.75. The van der Waals surface area contributed by atoms with Crippen LogP contribution in [0.25, 0.3) is 0 Å². The van der Waals surface area contributed by atoms with Crippen LogP contribution in [0.1, 0.15) is 16.1 Å². The van der Waals surface area contributed by atoms with E-state index in [1.54, 1.807) is 30.3 Å². The number of aromatic nitrogens is 1. The van der Waals surface area contributed by atoms with Crippen molar-refractivity contribution in [2.24, 2.45) is 0 Å². The zero-order chi connectivity index (χ0) is 16.1. The Morgan fingerprint density at radius 1 is 1.14 bits per heavy atom. The molecule has 0 aliphatic heterocycles. The van der Waals surface area contributed by atoms with Crippen molar-refractivity contribution in [2.45, 2.75) is 12.5 Å². The van der Waals surface area contributed by atoms with E-state index in [9.17, 15) is 14.7 Å². The molecule has 7 heteroatoms. The number of benzene rings is 1. The van der Waals surface area contributed by atoms with E-state index in [0.29, 0.717) is 15.6 Å². The number of carbonyl (C=O) groups is 2. The van der Waals surface area contributed by atoms with E-state index in [2.05, 4.69) is 10.3 Å². The highest BCUT2D eigenvalue weighted by molar-refractivity contribution is 6.36. The molecule has 2 aromatic rings. The van der Waals surface area contributed by atoms with Crippen molar-refractivity contribution in [2.75, 3.05) is 0 Å². The molecule has 0 unspecified atom stereocenters. The van der Waals surface area contributed by atoms with Gasteiger partial charge in [-0.25, -0.2) is 4.79 Å². The molecule has 114 valence electrons. The van der Waals surface area contributed by atoms with Gasteiger partial charge < -0.3 is 10.4 Å². The van der Waals surface area contributed by atoms with Gasteiger partial charge in [0.25, 0.3) is 5.91 Å². The average molecular weight is 339 g/mol. The number of halogens is 2. The lowest BCUT2D eigenvalue weighted by molar-refractivity contribution is -0.139. The Kier molecular flexibility index (Phi) is 5.35. The quantitative estimate of drug-likeness (QED) is 0.878. The van der Waals surface area contributed by atoms with Crippen LogP contribution in [-0.2, 0) is 11.2 Å². The summed E-state index contributed by atoms with van der Waals surface area (Å²) < 4.78 is 0. The Hall–Kier alpha value is -2.11. The van der Waals surface area contributed by atoms with Crippen molar-refractivity contribution in [1.29, 1.82) is 0 Å². The molecule has 0 radical (unpaired) electrons. The number of nitrogens with one attached hydrogen (secondary N) is 1. The van der Waals surface area contributed by atoms with Crippen molar-refractivity contribution in [3.63, 3.8) is 0 Å². The third-order valence-electron chi connectivity index (χ3n) is 2.97. The zero-order valence-corrected chi connectivity index (χ0v) is 12.8. The minimum absolute atomic E-state index is 0.0214. The average Bonchev–Trinajstić information content (AvgIpc) is 2.50. The van der Waals surface area contributed by atoms with E-state index in [1.165, 1.54) is 12.3 Å². The van der Waals surface area contributed by atoms with Gasteiger partial charge in [0.05, 0.1) is 0 Å². The van der Waals surface area contributed by atoms with Gasteiger partial charge in [-0.1, -0.05) is 35.3 Å². The number of nitrogens with zero attached hydrogens (tertiary/aromatic N) is 1. The van der Waals surface area contributed by atoms with Crippen molar-refractivity contribution in [3.8, 4) is 0 Å². The van der Waals surface area contributed by atoms with Crippen LogP contribution in [0.2, 0.25) is 10.0 Å². The summed E-state index contributed by atoms with van der Waals surface area (Å²) in [4.78, 5) is 27.3. The second-order valence-electron chi connectivity index (χ2n) is 4.48. The molecule has 0 saturated heterocycles. The number of carboxylic acid groups (broad SMARTS) is 1. The second-order valence-corrected chi connectivity index (χ2v) is 5.30. The fourth-order valence-corrected chi connectivity index (χ4v) is 2.41. The maximum atomic E-state index is 12.0. The Labute approximate surface area is 136 Å². The van der Waals surface area contributed by atoms with Gasteiger partial charge in [-0.05, 0) is 29.8 Å². The summed E-state index contributed by atoms with van der Waals surface area (Å²) in [7, 11) is 0. The fraction of sp³-hybridized carbons (Fsp3) is 0.133. The molecule has 0 bridgehead atoms. The Bertz CT molecular complexity index is 672. The van der Waals surface area contributed by atoms with Gasteiger partial charge in [-0.2, -0.15) is 0 Å². The Morgan fingerprint density at radius 2 is 1.82 bits per heavy atom. The summed E-state index contributed by atoms with van der Waals surface area (Å²) in [5, 5.41) is 12.4. The number of hydrogen-bond donors (Lipinski definition) is 2. The number of amides is 1. The van der Waals surface area contributed by atoms with Crippen LogP contribution in [-0.4, -0.2) is 28.0 Å².